The second kappa shape index (κ2) is 14.3. The third-order valence-corrected chi connectivity index (χ3v) is 4.56. The van der Waals surface area contributed by atoms with Gasteiger partial charge in [0.15, 0.2) is 11.6 Å². The molecule has 0 aliphatic carbocycles. The molecule has 1 rings (SSSR count). The number of hydrogen-bond donors (Lipinski definition) is 0. The van der Waals surface area contributed by atoms with Crippen LogP contribution in [0.1, 0.15) is 82.0 Å². The zero-order valence-electron chi connectivity index (χ0n) is 20.9. The molecule has 0 N–H and O–H groups in total. The molecule has 194 valence electrons. The van der Waals surface area contributed by atoms with Crippen LogP contribution in [0.4, 0.5) is 0 Å². The van der Waals surface area contributed by atoms with Gasteiger partial charge in [-0.25, -0.2) is 19.2 Å². The highest BCUT2D eigenvalue weighted by Gasteiger charge is 2.25. The Balaban J connectivity index is 2.92. The van der Waals surface area contributed by atoms with Crippen LogP contribution in [0.3, 0.4) is 0 Å². The molecule has 0 aromatic heterocycles. The van der Waals surface area contributed by atoms with E-state index in [0.29, 0.717) is 0 Å². The van der Waals surface area contributed by atoms with Gasteiger partial charge in [0.1, 0.15) is 0 Å². The van der Waals surface area contributed by atoms with Gasteiger partial charge in [0.2, 0.25) is 0 Å². The molecule has 0 heterocycles. The predicted molar refractivity (Wildman–Crippen MR) is 128 cm³/mol. The van der Waals surface area contributed by atoms with E-state index in [2.05, 4.69) is 13.2 Å². The zero-order valence-corrected chi connectivity index (χ0v) is 20.9. The first-order chi connectivity index (χ1) is 16.9. The van der Waals surface area contributed by atoms with Crippen LogP contribution in [-0.2, 0) is 28.5 Å². The highest BCUT2D eigenvalue weighted by Crippen LogP contribution is 2.21. The summed E-state index contributed by atoms with van der Waals surface area (Å²) in [6, 6.07) is 2.24. The van der Waals surface area contributed by atoms with Crippen LogP contribution in [0, 0.1) is 0 Å². The second-order valence-corrected chi connectivity index (χ2v) is 7.87. The monoisotopic (exact) mass is 502 g/mol. The minimum Gasteiger partial charge on any atom is -0.462 e. The van der Waals surface area contributed by atoms with E-state index in [1.165, 1.54) is 27.7 Å². The summed E-state index contributed by atoms with van der Waals surface area (Å²) >= 11 is 0. The van der Waals surface area contributed by atoms with E-state index in [-0.39, 0.29) is 72.7 Å². The molecule has 10 heteroatoms. The van der Waals surface area contributed by atoms with Gasteiger partial charge in [-0.2, -0.15) is 0 Å². The van der Waals surface area contributed by atoms with Gasteiger partial charge in [0, 0.05) is 35.1 Å². The Kier molecular flexibility index (Phi) is 11.9. The van der Waals surface area contributed by atoms with Crippen LogP contribution >= 0.6 is 0 Å². The lowest BCUT2D eigenvalue weighted by Gasteiger charge is -2.13. The van der Waals surface area contributed by atoms with Crippen molar-refractivity contribution in [2.45, 2.75) is 40.5 Å². The summed E-state index contributed by atoms with van der Waals surface area (Å²) in [5.41, 5.74) is -0.147. The SMILES string of the molecule is C=C(C)C(=O)OCCCOC(=O)c1cc(C(C)=O)c(C(=O)OCCCOC(=O)C(=C)C)cc1C(C)=O. The average Bonchev–Trinajstić information content (AvgIpc) is 2.81. The Morgan fingerprint density at radius 2 is 0.861 bits per heavy atom. The summed E-state index contributed by atoms with van der Waals surface area (Å²) in [6.45, 7) is 12.1. The summed E-state index contributed by atoms with van der Waals surface area (Å²) in [5, 5.41) is 0. The van der Waals surface area contributed by atoms with Crippen molar-refractivity contribution in [1.29, 1.82) is 0 Å². The highest BCUT2D eigenvalue weighted by molar-refractivity contribution is 6.12. The van der Waals surface area contributed by atoms with Gasteiger partial charge in [-0.05, 0) is 39.8 Å². The molecule has 0 amide bonds. The Labute approximate surface area is 209 Å². The number of ether oxygens (including phenoxy) is 4. The van der Waals surface area contributed by atoms with Crippen LogP contribution < -0.4 is 0 Å². The Morgan fingerprint density at radius 1 is 0.556 bits per heavy atom. The van der Waals surface area contributed by atoms with Crippen molar-refractivity contribution in [2.75, 3.05) is 26.4 Å². The molecule has 0 aliphatic heterocycles. The van der Waals surface area contributed by atoms with Crippen molar-refractivity contribution < 1.29 is 47.7 Å². The molecule has 36 heavy (non-hydrogen) atoms. The van der Waals surface area contributed by atoms with Crippen molar-refractivity contribution in [1.82, 2.24) is 0 Å². The smallest absolute Gasteiger partial charge is 0.338 e. The maximum Gasteiger partial charge on any atom is 0.338 e. The number of esters is 4. The lowest BCUT2D eigenvalue weighted by atomic mass is 9.94. The summed E-state index contributed by atoms with van der Waals surface area (Å²) in [5.74, 6) is -3.97. The standard InChI is InChI=1S/C26H30O10/c1-15(2)23(29)33-9-7-11-35-25(31)21-13-20(18(6)28)22(14-19(21)17(5)27)26(32)36-12-8-10-34-24(30)16(3)4/h13-14H,1,3,7-12H2,2,4-6H3. The van der Waals surface area contributed by atoms with Gasteiger partial charge in [-0.15, -0.1) is 0 Å². The first-order valence-electron chi connectivity index (χ1n) is 11.1. The van der Waals surface area contributed by atoms with E-state index in [4.69, 9.17) is 18.9 Å². The first-order valence-corrected chi connectivity index (χ1v) is 11.1. The molecule has 0 atom stereocenters. The Bertz CT molecular complexity index is 995. The molecular formula is C26H30O10. The molecule has 1 aromatic carbocycles. The molecule has 0 aliphatic rings. The number of ketones is 2. The molecule has 0 fully saturated rings. The van der Waals surface area contributed by atoms with Crippen LogP contribution in [0.2, 0.25) is 0 Å². The van der Waals surface area contributed by atoms with Crippen LogP contribution in [-0.4, -0.2) is 61.9 Å². The zero-order chi connectivity index (χ0) is 27.4. The van der Waals surface area contributed by atoms with Crippen molar-refractivity contribution in [2.24, 2.45) is 0 Å². The van der Waals surface area contributed by atoms with Crippen molar-refractivity contribution in [3.05, 3.63) is 58.7 Å². The van der Waals surface area contributed by atoms with E-state index >= 15 is 0 Å². The summed E-state index contributed by atoms with van der Waals surface area (Å²) in [4.78, 5) is 72.3. The maximum absolute atomic E-state index is 12.6. The number of hydrogen-bond acceptors (Lipinski definition) is 10. The fraction of sp³-hybridized carbons (Fsp3) is 0.385. The molecule has 10 nitrogen and oxygen atoms in total. The van der Waals surface area contributed by atoms with E-state index in [0.717, 1.165) is 12.1 Å². The summed E-state index contributed by atoms with van der Waals surface area (Å²) in [6.07, 6.45) is 0.400. The quantitative estimate of drug-likeness (QED) is 0.122. The van der Waals surface area contributed by atoms with Gasteiger partial charge in [-0.1, -0.05) is 13.2 Å². The minimum absolute atomic E-state index is 0.00555. The number of carbonyl (C=O) groups excluding carboxylic acids is 6. The average molecular weight is 503 g/mol. The van der Waals surface area contributed by atoms with E-state index < -0.39 is 35.4 Å². The van der Waals surface area contributed by atoms with Gasteiger partial charge >= 0.3 is 23.9 Å². The molecule has 0 bridgehead atoms. The van der Waals surface area contributed by atoms with Gasteiger partial charge < -0.3 is 18.9 Å². The van der Waals surface area contributed by atoms with E-state index in [9.17, 15) is 28.8 Å². The summed E-state index contributed by atoms with van der Waals surface area (Å²) in [7, 11) is 0. The summed E-state index contributed by atoms with van der Waals surface area (Å²) < 4.78 is 20.1. The van der Waals surface area contributed by atoms with Crippen molar-refractivity contribution >= 4 is 35.4 Å². The third kappa shape index (κ3) is 9.28. The lowest BCUT2D eigenvalue weighted by molar-refractivity contribution is -0.140. The molecule has 1 aromatic rings. The molecule has 0 saturated heterocycles. The number of carbonyl (C=O) groups is 6. The molecule has 0 radical (unpaired) electrons. The fourth-order valence-corrected chi connectivity index (χ4v) is 2.70. The minimum atomic E-state index is -0.881. The fourth-order valence-electron chi connectivity index (χ4n) is 2.70. The molecule has 0 spiro atoms. The molecule has 0 unspecified atom stereocenters. The van der Waals surface area contributed by atoms with Crippen molar-refractivity contribution in [3.63, 3.8) is 0 Å². The maximum atomic E-state index is 12.6. The number of rotatable bonds is 14. The van der Waals surface area contributed by atoms with E-state index in [1.54, 1.807) is 0 Å². The van der Waals surface area contributed by atoms with Crippen LogP contribution in [0.15, 0.2) is 36.4 Å². The third-order valence-electron chi connectivity index (χ3n) is 4.56. The van der Waals surface area contributed by atoms with Gasteiger partial charge in [0.25, 0.3) is 0 Å². The lowest BCUT2D eigenvalue weighted by Crippen LogP contribution is -2.18. The molecule has 0 saturated carbocycles. The molecular weight excluding hydrogens is 472 g/mol. The van der Waals surface area contributed by atoms with Gasteiger partial charge in [0.05, 0.1) is 37.6 Å². The number of Topliss-reactive ketones (excluding diaryl/α,β-unsaturated/α-hetero) is 2. The largest absolute Gasteiger partial charge is 0.462 e. The predicted octanol–water partition coefficient (Wildman–Crippen LogP) is 3.42. The van der Waals surface area contributed by atoms with Crippen LogP contribution in [0.25, 0.3) is 0 Å². The van der Waals surface area contributed by atoms with Gasteiger partial charge in [-0.3, -0.25) is 9.59 Å². The van der Waals surface area contributed by atoms with Crippen LogP contribution in [0.5, 0.6) is 0 Å². The normalized spacial score (nSPS) is 10.1. The highest BCUT2D eigenvalue weighted by atomic mass is 16.6. The first kappa shape index (κ1) is 30.0. The Hall–Kier alpha value is -4.08. The number of benzene rings is 1. The van der Waals surface area contributed by atoms with Crippen molar-refractivity contribution in [3.8, 4) is 0 Å². The van der Waals surface area contributed by atoms with E-state index in [1.807, 2.05) is 0 Å². The topological polar surface area (TPSA) is 139 Å². The second-order valence-electron chi connectivity index (χ2n) is 7.87. The Morgan fingerprint density at radius 3 is 1.14 bits per heavy atom.